The topological polar surface area (TPSA) is 68.9 Å². The highest BCUT2D eigenvalue weighted by Gasteiger charge is 2.20. The smallest absolute Gasteiger partial charge is 0.283 e. The number of carbonyl (C=O) groups is 1. The van der Waals surface area contributed by atoms with E-state index >= 15 is 0 Å². The zero-order valence-electron chi connectivity index (χ0n) is 22.6. The molecule has 1 amide bonds. The molecule has 2 heterocycles. The van der Waals surface area contributed by atoms with Crippen molar-refractivity contribution in [3.8, 4) is 16.8 Å². The number of amides is 1. The number of hydrogen-bond acceptors (Lipinski definition) is 4. The summed E-state index contributed by atoms with van der Waals surface area (Å²) in [5, 5.41) is 3.44. The van der Waals surface area contributed by atoms with Gasteiger partial charge in [0, 0.05) is 24.5 Å². The average Bonchev–Trinajstić information content (AvgIpc) is 3.29. The first kappa shape index (κ1) is 26.5. The SMILES string of the molecule is CCc1ccc(-n2c(SCC(=O)Nc3ccc(C(C)C)cc3)nc3c(-c4ccccc4)cn(C)c3c2=O)cc1. The number of nitrogens with zero attached hydrogens (tertiary/aromatic N) is 3. The minimum atomic E-state index is -0.166. The summed E-state index contributed by atoms with van der Waals surface area (Å²) in [6.07, 6.45) is 2.85. The van der Waals surface area contributed by atoms with E-state index in [0.717, 1.165) is 28.9 Å². The number of hydrogen-bond donors (Lipinski definition) is 1. The Labute approximate surface area is 232 Å². The molecule has 0 radical (unpaired) electrons. The lowest BCUT2D eigenvalue weighted by atomic mass is 10.0. The molecule has 0 saturated heterocycles. The number of benzene rings is 3. The summed E-state index contributed by atoms with van der Waals surface area (Å²) in [4.78, 5) is 31.9. The lowest BCUT2D eigenvalue weighted by Crippen LogP contribution is -2.24. The Kier molecular flexibility index (Phi) is 7.70. The Morgan fingerprint density at radius 3 is 2.31 bits per heavy atom. The Morgan fingerprint density at radius 1 is 0.974 bits per heavy atom. The summed E-state index contributed by atoms with van der Waals surface area (Å²) in [7, 11) is 1.87. The number of anilines is 1. The van der Waals surface area contributed by atoms with E-state index in [1.807, 2.05) is 96.7 Å². The molecule has 6 nitrogen and oxygen atoms in total. The van der Waals surface area contributed by atoms with E-state index in [-0.39, 0.29) is 17.2 Å². The van der Waals surface area contributed by atoms with E-state index in [1.54, 1.807) is 4.57 Å². The van der Waals surface area contributed by atoms with Crippen LogP contribution >= 0.6 is 11.8 Å². The maximum Gasteiger partial charge on any atom is 0.283 e. The standard InChI is InChI=1S/C32H32N4O2S/c1-5-22-11-17-26(18-12-22)36-31(38)30-29(27(19-35(30)4)24-9-7-6-8-10-24)34-32(36)39-20-28(37)33-25-15-13-23(14-16-25)21(2)3/h6-19,21H,5,20H2,1-4H3,(H,33,37). The van der Waals surface area contributed by atoms with Crippen LogP contribution in [0, 0.1) is 0 Å². The second-order valence-corrected chi connectivity index (χ2v) is 10.8. The van der Waals surface area contributed by atoms with Gasteiger partial charge in [0.05, 0.1) is 11.4 Å². The highest BCUT2D eigenvalue weighted by atomic mass is 32.2. The molecule has 0 atom stereocenters. The molecule has 198 valence electrons. The number of aryl methyl sites for hydroxylation is 2. The Morgan fingerprint density at radius 2 is 1.67 bits per heavy atom. The molecule has 5 aromatic rings. The van der Waals surface area contributed by atoms with Crippen LogP contribution in [-0.2, 0) is 18.3 Å². The first-order valence-electron chi connectivity index (χ1n) is 13.1. The van der Waals surface area contributed by atoms with Crippen molar-refractivity contribution in [1.29, 1.82) is 0 Å². The number of carbonyl (C=O) groups excluding carboxylic acids is 1. The van der Waals surface area contributed by atoms with Gasteiger partial charge in [0.1, 0.15) is 11.0 Å². The summed E-state index contributed by atoms with van der Waals surface area (Å²) in [5.41, 5.74) is 6.72. The zero-order valence-corrected chi connectivity index (χ0v) is 23.5. The fourth-order valence-corrected chi connectivity index (χ4v) is 5.44. The summed E-state index contributed by atoms with van der Waals surface area (Å²) in [6, 6.07) is 25.7. The number of rotatable bonds is 8. The van der Waals surface area contributed by atoms with Crippen LogP contribution in [0.1, 0.15) is 37.8 Å². The molecule has 0 unspecified atom stereocenters. The largest absolute Gasteiger partial charge is 0.344 e. The fourth-order valence-electron chi connectivity index (χ4n) is 4.63. The second kappa shape index (κ2) is 11.3. The molecule has 7 heteroatoms. The van der Waals surface area contributed by atoms with E-state index < -0.39 is 0 Å². The van der Waals surface area contributed by atoms with Crippen molar-refractivity contribution < 1.29 is 4.79 Å². The highest BCUT2D eigenvalue weighted by Crippen LogP contribution is 2.30. The molecular formula is C32H32N4O2S. The van der Waals surface area contributed by atoms with E-state index in [2.05, 4.69) is 26.1 Å². The minimum Gasteiger partial charge on any atom is -0.344 e. The Hall–Kier alpha value is -4.10. The van der Waals surface area contributed by atoms with Gasteiger partial charge in [0.2, 0.25) is 5.91 Å². The normalized spacial score (nSPS) is 11.3. The molecule has 0 aliphatic rings. The molecule has 0 aliphatic heterocycles. The Balaban J connectivity index is 1.53. The predicted octanol–water partition coefficient (Wildman–Crippen LogP) is 6.81. The van der Waals surface area contributed by atoms with E-state index in [4.69, 9.17) is 4.98 Å². The molecule has 0 bridgehead atoms. The van der Waals surface area contributed by atoms with Crippen molar-refractivity contribution >= 4 is 34.4 Å². The Bertz CT molecular complexity index is 1670. The van der Waals surface area contributed by atoms with Crippen LogP contribution in [0.5, 0.6) is 0 Å². The monoisotopic (exact) mass is 536 g/mol. The van der Waals surface area contributed by atoms with Gasteiger partial charge in [-0.1, -0.05) is 87.1 Å². The van der Waals surface area contributed by atoms with E-state index in [0.29, 0.717) is 22.1 Å². The zero-order chi connectivity index (χ0) is 27.5. The second-order valence-electron chi connectivity index (χ2n) is 9.89. The van der Waals surface area contributed by atoms with Crippen LogP contribution in [0.2, 0.25) is 0 Å². The summed E-state index contributed by atoms with van der Waals surface area (Å²) in [6.45, 7) is 6.37. The number of fused-ring (bicyclic) bond motifs is 1. The van der Waals surface area contributed by atoms with Crippen LogP contribution in [0.15, 0.2) is 95.0 Å². The third kappa shape index (κ3) is 5.54. The molecule has 39 heavy (non-hydrogen) atoms. The quantitative estimate of drug-likeness (QED) is 0.175. The van der Waals surface area contributed by atoms with Crippen LogP contribution in [0.3, 0.4) is 0 Å². The number of nitrogens with one attached hydrogen (secondary N) is 1. The molecule has 3 aromatic carbocycles. The lowest BCUT2D eigenvalue weighted by molar-refractivity contribution is -0.113. The van der Waals surface area contributed by atoms with Crippen molar-refractivity contribution in [3.63, 3.8) is 0 Å². The van der Waals surface area contributed by atoms with Crippen LogP contribution in [0.4, 0.5) is 5.69 Å². The molecule has 0 aliphatic carbocycles. The summed E-state index contributed by atoms with van der Waals surface area (Å²) >= 11 is 1.26. The van der Waals surface area contributed by atoms with Gasteiger partial charge in [-0.3, -0.25) is 14.2 Å². The van der Waals surface area contributed by atoms with Gasteiger partial charge in [-0.05, 0) is 53.3 Å². The van der Waals surface area contributed by atoms with Crippen LogP contribution in [-0.4, -0.2) is 25.8 Å². The average molecular weight is 537 g/mol. The van der Waals surface area contributed by atoms with Gasteiger partial charge in [-0.15, -0.1) is 0 Å². The van der Waals surface area contributed by atoms with Crippen molar-refractivity contribution in [1.82, 2.24) is 14.1 Å². The molecule has 2 aromatic heterocycles. The molecule has 0 saturated carbocycles. The third-order valence-electron chi connectivity index (χ3n) is 6.84. The van der Waals surface area contributed by atoms with Gasteiger partial charge in [0.15, 0.2) is 5.16 Å². The maximum absolute atomic E-state index is 14.0. The van der Waals surface area contributed by atoms with Crippen LogP contribution in [0.25, 0.3) is 27.8 Å². The summed E-state index contributed by atoms with van der Waals surface area (Å²) in [5.74, 6) is 0.383. The van der Waals surface area contributed by atoms with E-state index in [1.165, 1.54) is 22.9 Å². The van der Waals surface area contributed by atoms with E-state index in [9.17, 15) is 9.59 Å². The third-order valence-corrected chi connectivity index (χ3v) is 7.78. The summed E-state index contributed by atoms with van der Waals surface area (Å²) < 4.78 is 3.46. The predicted molar refractivity (Wildman–Crippen MR) is 161 cm³/mol. The molecule has 0 spiro atoms. The highest BCUT2D eigenvalue weighted by molar-refractivity contribution is 7.99. The number of aromatic nitrogens is 3. The first-order chi connectivity index (χ1) is 18.9. The maximum atomic E-state index is 14.0. The van der Waals surface area contributed by atoms with Gasteiger partial charge >= 0.3 is 0 Å². The van der Waals surface area contributed by atoms with Crippen molar-refractivity contribution in [2.24, 2.45) is 7.05 Å². The van der Waals surface area contributed by atoms with Gasteiger partial charge in [-0.2, -0.15) is 0 Å². The molecule has 1 N–H and O–H groups in total. The van der Waals surface area contributed by atoms with Crippen LogP contribution < -0.4 is 10.9 Å². The lowest BCUT2D eigenvalue weighted by Gasteiger charge is -2.14. The fraction of sp³-hybridized carbons (Fsp3) is 0.219. The number of thioether (sulfide) groups is 1. The van der Waals surface area contributed by atoms with Crippen molar-refractivity contribution in [2.75, 3.05) is 11.1 Å². The molecule has 5 rings (SSSR count). The van der Waals surface area contributed by atoms with Gasteiger partial charge < -0.3 is 9.88 Å². The molecular weight excluding hydrogens is 504 g/mol. The minimum absolute atomic E-state index is 0.116. The van der Waals surface area contributed by atoms with Crippen molar-refractivity contribution in [3.05, 3.63) is 107 Å². The first-order valence-corrected chi connectivity index (χ1v) is 14.1. The van der Waals surface area contributed by atoms with Gasteiger partial charge in [0.25, 0.3) is 5.56 Å². The van der Waals surface area contributed by atoms with Crippen molar-refractivity contribution in [2.45, 2.75) is 38.3 Å². The van der Waals surface area contributed by atoms with Gasteiger partial charge in [-0.25, -0.2) is 4.98 Å². The molecule has 0 fully saturated rings.